The number of hydrogen-bond donors (Lipinski definition) is 1. The molecular weight excluding hydrogens is 225 g/mol. The first kappa shape index (κ1) is 10.4. The fourth-order valence-electron chi connectivity index (χ4n) is 1.20. The first-order valence-electron chi connectivity index (χ1n) is 4.16. The van der Waals surface area contributed by atoms with E-state index in [0.29, 0.717) is 16.4 Å². The molecular formula is C9H7F3N2S. The number of amidine groups is 1. The molecule has 0 bridgehead atoms. The lowest BCUT2D eigenvalue weighted by Crippen LogP contribution is -2.14. The van der Waals surface area contributed by atoms with Gasteiger partial charge in [0.05, 0.1) is 16.1 Å². The third-order valence-electron chi connectivity index (χ3n) is 1.88. The highest BCUT2D eigenvalue weighted by molar-refractivity contribution is 7.98. The largest absolute Gasteiger partial charge is 0.416 e. The van der Waals surface area contributed by atoms with Crippen LogP contribution < -0.4 is 4.72 Å². The number of nitrogens with zero attached hydrogens (tertiary/aromatic N) is 1. The average Bonchev–Trinajstić information content (AvgIpc) is 2.15. The van der Waals surface area contributed by atoms with Crippen LogP contribution in [0.2, 0.25) is 0 Å². The quantitative estimate of drug-likeness (QED) is 0.693. The van der Waals surface area contributed by atoms with E-state index in [9.17, 15) is 13.2 Å². The summed E-state index contributed by atoms with van der Waals surface area (Å²) in [6.07, 6.45) is -4.30. The van der Waals surface area contributed by atoms with Gasteiger partial charge in [0.1, 0.15) is 5.84 Å². The SMILES string of the molecule is CC1=Nc2ccc(C(F)(F)F)cc2SN1. The lowest BCUT2D eigenvalue weighted by molar-refractivity contribution is -0.137. The van der Waals surface area contributed by atoms with Gasteiger partial charge in [-0.2, -0.15) is 13.2 Å². The number of hydrogen-bond acceptors (Lipinski definition) is 3. The van der Waals surface area contributed by atoms with Crippen molar-refractivity contribution in [3.05, 3.63) is 23.8 Å². The van der Waals surface area contributed by atoms with E-state index < -0.39 is 11.7 Å². The van der Waals surface area contributed by atoms with Gasteiger partial charge < -0.3 is 4.72 Å². The molecule has 1 aliphatic rings. The maximum absolute atomic E-state index is 12.4. The van der Waals surface area contributed by atoms with Crippen LogP contribution in [0.4, 0.5) is 18.9 Å². The average molecular weight is 232 g/mol. The molecule has 2 nitrogen and oxygen atoms in total. The number of fused-ring (bicyclic) bond motifs is 1. The molecule has 2 rings (SSSR count). The Hall–Kier alpha value is -1.17. The molecule has 0 atom stereocenters. The Kier molecular flexibility index (Phi) is 2.38. The third kappa shape index (κ3) is 2.09. The molecule has 0 spiro atoms. The molecule has 0 saturated heterocycles. The van der Waals surface area contributed by atoms with Gasteiger partial charge in [0, 0.05) is 0 Å². The smallest absolute Gasteiger partial charge is 0.314 e. The van der Waals surface area contributed by atoms with Crippen LogP contribution in [-0.4, -0.2) is 5.84 Å². The number of alkyl halides is 3. The van der Waals surface area contributed by atoms with Crippen LogP contribution in [0, 0.1) is 0 Å². The number of halogens is 3. The fourth-order valence-corrected chi connectivity index (χ4v) is 1.90. The van der Waals surface area contributed by atoms with Gasteiger partial charge >= 0.3 is 6.18 Å². The molecule has 1 aliphatic heterocycles. The third-order valence-corrected chi connectivity index (χ3v) is 2.83. The maximum atomic E-state index is 12.4. The van der Waals surface area contributed by atoms with Gasteiger partial charge in [0.15, 0.2) is 0 Å². The molecule has 0 amide bonds. The summed E-state index contributed by atoms with van der Waals surface area (Å²) in [5.74, 6) is 0.687. The van der Waals surface area contributed by atoms with Crippen molar-refractivity contribution in [1.29, 1.82) is 0 Å². The van der Waals surface area contributed by atoms with E-state index in [0.717, 1.165) is 24.1 Å². The van der Waals surface area contributed by atoms with Gasteiger partial charge in [0.25, 0.3) is 0 Å². The lowest BCUT2D eigenvalue weighted by Gasteiger charge is -2.15. The molecule has 0 fully saturated rings. The normalized spacial score (nSPS) is 15.3. The maximum Gasteiger partial charge on any atom is 0.416 e. The van der Waals surface area contributed by atoms with Crippen molar-refractivity contribution in [2.75, 3.05) is 0 Å². The molecule has 0 aromatic heterocycles. The Morgan fingerprint density at radius 2 is 2.07 bits per heavy atom. The summed E-state index contributed by atoms with van der Waals surface area (Å²) in [5.41, 5.74) is -0.0745. The van der Waals surface area contributed by atoms with Crippen LogP contribution >= 0.6 is 11.9 Å². The molecule has 1 N–H and O–H groups in total. The molecule has 15 heavy (non-hydrogen) atoms. The van der Waals surface area contributed by atoms with Crippen LogP contribution in [0.15, 0.2) is 28.1 Å². The van der Waals surface area contributed by atoms with Crippen LogP contribution in [-0.2, 0) is 6.18 Å². The first-order valence-corrected chi connectivity index (χ1v) is 4.98. The second-order valence-corrected chi connectivity index (χ2v) is 3.93. The van der Waals surface area contributed by atoms with Crippen molar-refractivity contribution >= 4 is 23.5 Å². The van der Waals surface area contributed by atoms with E-state index >= 15 is 0 Å². The van der Waals surface area contributed by atoms with Gasteiger partial charge in [-0.15, -0.1) is 0 Å². The van der Waals surface area contributed by atoms with E-state index in [4.69, 9.17) is 0 Å². The van der Waals surface area contributed by atoms with E-state index in [2.05, 4.69) is 9.71 Å². The van der Waals surface area contributed by atoms with Gasteiger partial charge in [-0.3, -0.25) is 0 Å². The highest BCUT2D eigenvalue weighted by atomic mass is 32.2. The molecule has 6 heteroatoms. The Morgan fingerprint density at radius 1 is 1.33 bits per heavy atom. The Bertz CT molecular complexity index is 426. The van der Waals surface area contributed by atoms with E-state index in [1.807, 2.05) is 0 Å². The lowest BCUT2D eigenvalue weighted by atomic mass is 10.2. The van der Waals surface area contributed by atoms with Crippen LogP contribution in [0.3, 0.4) is 0 Å². The highest BCUT2D eigenvalue weighted by Gasteiger charge is 2.31. The van der Waals surface area contributed by atoms with E-state index in [-0.39, 0.29) is 0 Å². The number of nitrogens with one attached hydrogen (secondary N) is 1. The Morgan fingerprint density at radius 3 is 2.73 bits per heavy atom. The summed E-state index contributed by atoms with van der Waals surface area (Å²) in [6.45, 7) is 1.76. The predicted octanol–water partition coefficient (Wildman–Crippen LogP) is 3.37. The predicted molar refractivity (Wildman–Crippen MR) is 53.2 cm³/mol. The van der Waals surface area contributed by atoms with Gasteiger partial charge in [-0.25, -0.2) is 4.99 Å². The molecule has 80 valence electrons. The fraction of sp³-hybridized carbons (Fsp3) is 0.222. The standard InChI is InChI=1S/C9H7F3N2S/c1-5-13-7-3-2-6(9(10,11)12)4-8(7)15-14-5/h2-4H,1H3,(H,13,14). The zero-order chi connectivity index (χ0) is 11.1. The van der Waals surface area contributed by atoms with Crippen LogP contribution in [0.1, 0.15) is 12.5 Å². The number of benzene rings is 1. The van der Waals surface area contributed by atoms with Crippen molar-refractivity contribution in [3.8, 4) is 0 Å². The zero-order valence-corrected chi connectivity index (χ0v) is 8.54. The summed E-state index contributed by atoms with van der Waals surface area (Å²) in [5, 5.41) is 0. The summed E-state index contributed by atoms with van der Waals surface area (Å²) in [4.78, 5) is 4.58. The zero-order valence-electron chi connectivity index (χ0n) is 7.72. The van der Waals surface area contributed by atoms with Crippen LogP contribution in [0.25, 0.3) is 0 Å². The van der Waals surface area contributed by atoms with Crippen molar-refractivity contribution in [2.24, 2.45) is 4.99 Å². The summed E-state index contributed by atoms with van der Waals surface area (Å²) in [6, 6.07) is 3.53. The van der Waals surface area contributed by atoms with Crippen molar-refractivity contribution < 1.29 is 13.2 Å². The minimum atomic E-state index is -4.30. The molecule has 0 unspecified atom stereocenters. The summed E-state index contributed by atoms with van der Waals surface area (Å²) in [7, 11) is 0. The van der Waals surface area contributed by atoms with Crippen LogP contribution in [0.5, 0.6) is 0 Å². The highest BCUT2D eigenvalue weighted by Crippen LogP contribution is 2.37. The monoisotopic (exact) mass is 232 g/mol. The van der Waals surface area contributed by atoms with Gasteiger partial charge in [0.2, 0.25) is 0 Å². The minimum absolute atomic E-state index is 0.496. The topological polar surface area (TPSA) is 24.4 Å². The first-order chi connectivity index (χ1) is 6.97. The molecule has 0 radical (unpaired) electrons. The number of rotatable bonds is 0. The summed E-state index contributed by atoms with van der Waals surface area (Å²) >= 11 is 1.15. The molecule has 1 heterocycles. The van der Waals surface area contributed by atoms with Crippen molar-refractivity contribution in [2.45, 2.75) is 18.0 Å². The molecule has 0 aliphatic carbocycles. The van der Waals surface area contributed by atoms with E-state index in [1.54, 1.807) is 6.92 Å². The second kappa shape index (κ2) is 3.44. The Balaban J connectivity index is 2.45. The Labute approximate surface area is 88.7 Å². The van der Waals surface area contributed by atoms with Gasteiger partial charge in [-0.05, 0) is 37.1 Å². The van der Waals surface area contributed by atoms with Crippen molar-refractivity contribution in [3.63, 3.8) is 0 Å². The van der Waals surface area contributed by atoms with Crippen molar-refractivity contribution in [1.82, 2.24) is 4.72 Å². The van der Waals surface area contributed by atoms with Gasteiger partial charge in [-0.1, -0.05) is 0 Å². The molecule has 0 saturated carbocycles. The van der Waals surface area contributed by atoms with E-state index in [1.165, 1.54) is 6.07 Å². The second-order valence-electron chi connectivity index (χ2n) is 3.08. The number of aliphatic imine (C=N–C) groups is 1. The summed E-state index contributed by atoms with van der Waals surface area (Å²) < 4.78 is 39.9. The molecule has 1 aromatic rings. The molecule has 1 aromatic carbocycles. The minimum Gasteiger partial charge on any atom is -0.314 e.